The maximum Gasteiger partial charge on any atom is 0.243 e. The summed E-state index contributed by atoms with van der Waals surface area (Å²) in [6.45, 7) is 3.54. The first-order valence-corrected chi connectivity index (χ1v) is 24.2. The Morgan fingerprint density at radius 2 is 1.47 bits per heavy atom. The summed E-state index contributed by atoms with van der Waals surface area (Å²) in [6, 6.07) is 26.2. The molecule has 1 saturated heterocycles. The lowest BCUT2D eigenvalue weighted by atomic mass is 9.85. The Morgan fingerprint density at radius 3 is 2.19 bits per heavy atom. The van der Waals surface area contributed by atoms with Crippen LogP contribution in [-0.4, -0.2) is 109 Å². The van der Waals surface area contributed by atoms with E-state index in [4.69, 9.17) is 16.9 Å². The highest BCUT2D eigenvalue weighted by Crippen LogP contribution is 2.27. The molecule has 2 heterocycles. The lowest BCUT2D eigenvalue weighted by molar-refractivity contribution is -0.134. The van der Waals surface area contributed by atoms with Gasteiger partial charge in [0.1, 0.15) is 23.9 Å². The number of carbonyl (C=O) groups excluding carboxylic acids is 5. The minimum absolute atomic E-state index is 0.0263. The first-order chi connectivity index (χ1) is 33.9. The highest BCUT2D eigenvalue weighted by Gasteiger charge is 2.33. The van der Waals surface area contributed by atoms with Crippen molar-refractivity contribution in [3.05, 3.63) is 114 Å². The Hall–Kier alpha value is -7.44. The lowest BCUT2D eigenvalue weighted by Crippen LogP contribution is -2.58. The standard InChI is InChI=1S/C52H66N12O6/c53-38-10-6-9-36(28-38)48(67)62-46(29-37-31-58-43-21-20-41(65)30-42(37)43)51(70)63-45(27-33-12-14-35(15-13-33)34-7-2-1-3-8-34)50(69)61-44(11-4-5-22-57-52(54)55)49(68)59-32-47(66)60-39-16-18-40(19-17-39)64-25-23-56-24-26-64/h1-3,7-8,12-21,30-31,36,38,44-46,56,58,65H,4-6,9-11,22-29,32,53H2,(H,59,68)(H,60,66)(H,61,69)(H,62,67)(H,63,70)(H4,54,55,57). The molecule has 370 valence electrons. The highest BCUT2D eigenvalue weighted by atomic mass is 16.3. The van der Waals surface area contributed by atoms with Crippen molar-refractivity contribution in [2.45, 2.75) is 82.0 Å². The fourth-order valence-electron chi connectivity index (χ4n) is 9.11. The van der Waals surface area contributed by atoms with Gasteiger partial charge in [0.05, 0.1) is 6.54 Å². The summed E-state index contributed by atoms with van der Waals surface area (Å²) < 4.78 is 0. The number of amides is 5. The maximum atomic E-state index is 14.7. The summed E-state index contributed by atoms with van der Waals surface area (Å²) in [5, 5.41) is 38.9. The number of unbranched alkanes of at least 4 members (excludes halogenated alkanes) is 1. The fraction of sp³-hybridized carbons (Fsp3) is 0.385. The number of anilines is 2. The lowest BCUT2D eigenvalue weighted by Gasteiger charge is -2.29. The number of nitrogens with two attached hydrogens (primary N) is 2. The van der Waals surface area contributed by atoms with Crippen molar-refractivity contribution in [3.63, 3.8) is 0 Å². The van der Waals surface area contributed by atoms with Gasteiger partial charge in [-0.25, -0.2) is 0 Å². The van der Waals surface area contributed by atoms with E-state index in [0.29, 0.717) is 48.9 Å². The number of hydrogen-bond donors (Lipinski definition) is 12. The molecule has 70 heavy (non-hydrogen) atoms. The van der Waals surface area contributed by atoms with Crippen molar-refractivity contribution in [1.29, 1.82) is 5.41 Å². The molecule has 1 saturated carbocycles. The van der Waals surface area contributed by atoms with Crippen LogP contribution in [0.3, 0.4) is 0 Å². The van der Waals surface area contributed by atoms with Crippen molar-refractivity contribution in [2.24, 2.45) is 17.4 Å². The third-order valence-corrected chi connectivity index (χ3v) is 13.0. The van der Waals surface area contributed by atoms with E-state index in [1.807, 2.05) is 78.9 Å². The second-order valence-corrected chi connectivity index (χ2v) is 18.2. The van der Waals surface area contributed by atoms with Crippen LogP contribution < -0.4 is 53.6 Å². The Bertz CT molecular complexity index is 2560. The molecule has 5 atom stereocenters. The fourth-order valence-corrected chi connectivity index (χ4v) is 9.11. The number of nitrogens with zero attached hydrogens (tertiary/aromatic N) is 1. The maximum absolute atomic E-state index is 14.7. The first kappa shape index (κ1) is 50.4. The number of hydrogen-bond acceptors (Lipinski definition) is 10. The summed E-state index contributed by atoms with van der Waals surface area (Å²) in [7, 11) is 0. The number of guanidine groups is 1. The van der Waals surface area contributed by atoms with Crippen molar-refractivity contribution in [1.82, 2.24) is 36.9 Å². The van der Waals surface area contributed by atoms with E-state index in [-0.39, 0.29) is 49.5 Å². The van der Waals surface area contributed by atoms with Crippen LogP contribution in [0.5, 0.6) is 5.75 Å². The summed E-state index contributed by atoms with van der Waals surface area (Å²) >= 11 is 0. The number of nitrogens with one attached hydrogen (secondary N) is 9. The quantitative estimate of drug-likeness (QED) is 0.0288. The highest BCUT2D eigenvalue weighted by molar-refractivity contribution is 5.98. The second kappa shape index (κ2) is 24.7. The van der Waals surface area contributed by atoms with Gasteiger partial charge in [0, 0.05) is 86.0 Å². The molecule has 1 aliphatic heterocycles. The third kappa shape index (κ3) is 14.5. The summed E-state index contributed by atoms with van der Waals surface area (Å²) in [4.78, 5) is 75.8. The molecule has 4 aromatic carbocycles. The zero-order valence-corrected chi connectivity index (χ0v) is 39.4. The van der Waals surface area contributed by atoms with Gasteiger partial charge in [-0.2, -0.15) is 0 Å². The third-order valence-electron chi connectivity index (χ3n) is 13.0. The number of aromatic nitrogens is 1. The summed E-state index contributed by atoms with van der Waals surface area (Å²) in [6.07, 6.45) is 5.58. The van der Waals surface area contributed by atoms with E-state index in [1.54, 1.807) is 24.4 Å². The largest absolute Gasteiger partial charge is 0.508 e. The number of benzene rings is 4. The van der Waals surface area contributed by atoms with E-state index in [1.165, 1.54) is 0 Å². The number of aromatic amines is 1. The number of piperazine rings is 1. The van der Waals surface area contributed by atoms with Gasteiger partial charge in [-0.3, -0.25) is 29.4 Å². The number of phenolic OH excluding ortho intramolecular Hbond substituents is 1. The summed E-state index contributed by atoms with van der Waals surface area (Å²) in [5.41, 5.74) is 17.4. The molecule has 5 amide bonds. The number of phenols is 1. The van der Waals surface area contributed by atoms with Crippen molar-refractivity contribution in [3.8, 4) is 16.9 Å². The zero-order valence-electron chi connectivity index (χ0n) is 39.4. The molecule has 5 unspecified atom stereocenters. The van der Waals surface area contributed by atoms with Gasteiger partial charge in [-0.15, -0.1) is 0 Å². The van der Waals surface area contributed by atoms with Crippen LogP contribution in [0.1, 0.15) is 56.1 Å². The number of fused-ring (bicyclic) bond motifs is 1. The molecule has 14 N–H and O–H groups in total. The van der Waals surface area contributed by atoms with Gasteiger partial charge < -0.3 is 63.7 Å². The molecular formula is C52H66N12O6. The Labute approximate surface area is 408 Å². The Morgan fingerprint density at radius 1 is 0.771 bits per heavy atom. The van der Waals surface area contributed by atoms with Gasteiger partial charge >= 0.3 is 0 Å². The minimum atomic E-state index is -1.23. The molecule has 5 aromatic rings. The van der Waals surface area contributed by atoms with Crippen molar-refractivity contribution < 1.29 is 29.1 Å². The van der Waals surface area contributed by atoms with E-state index in [2.05, 4.69) is 47.1 Å². The minimum Gasteiger partial charge on any atom is -0.508 e. The zero-order chi connectivity index (χ0) is 49.4. The Kier molecular flexibility index (Phi) is 17.8. The molecule has 18 heteroatoms. The molecule has 1 aliphatic carbocycles. The van der Waals surface area contributed by atoms with Crippen LogP contribution in [0.2, 0.25) is 0 Å². The number of carbonyl (C=O) groups is 5. The molecule has 2 fully saturated rings. The van der Waals surface area contributed by atoms with Gasteiger partial charge in [0.15, 0.2) is 5.96 Å². The SMILES string of the molecule is N=C(N)NCCCCC(NC(=O)C(Cc1ccc(-c2ccccc2)cc1)NC(=O)C(Cc1c[nH]c2ccc(O)cc12)NC(=O)C1CCCC(N)C1)C(=O)NCC(=O)Nc1ccc(N2CCNCC2)cc1. The topological polar surface area (TPSA) is 285 Å². The Balaban J connectivity index is 1.10. The van der Waals surface area contributed by atoms with Crippen LogP contribution in [0, 0.1) is 11.3 Å². The number of aromatic hydroxyl groups is 1. The van der Waals surface area contributed by atoms with Gasteiger partial charge in [-0.05, 0) is 103 Å². The molecule has 2 aliphatic rings. The van der Waals surface area contributed by atoms with Crippen molar-refractivity contribution >= 4 is 57.8 Å². The van der Waals surface area contributed by atoms with Crippen LogP contribution in [0.25, 0.3) is 22.0 Å². The summed E-state index contributed by atoms with van der Waals surface area (Å²) in [5.74, 6) is -3.22. The van der Waals surface area contributed by atoms with Crippen LogP contribution in [-0.2, 0) is 36.8 Å². The van der Waals surface area contributed by atoms with E-state index in [0.717, 1.165) is 66.9 Å². The molecular weight excluding hydrogens is 889 g/mol. The smallest absolute Gasteiger partial charge is 0.243 e. The molecule has 7 rings (SSSR count). The average molecular weight is 955 g/mol. The average Bonchev–Trinajstić information content (AvgIpc) is 3.76. The van der Waals surface area contributed by atoms with E-state index >= 15 is 0 Å². The van der Waals surface area contributed by atoms with E-state index in [9.17, 15) is 29.1 Å². The molecule has 18 nitrogen and oxygen atoms in total. The van der Waals surface area contributed by atoms with Gasteiger partial charge in [0.25, 0.3) is 0 Å². The van der Waals surface area contributed by atoms with Gasteiger partial charge in [0.2, 0.25) is 29.5 Å². The predicted molar refractivity (Wildman–Crippen MR) is 272 cm³/mol. The normalized spacial score (nSPS) is 17.1. The predicted octanol–water partition coefficient (Wildman–Crippen LogP) is 3.12. The monoisotopic (exact) mass is 955 g/mol. The molecule has 0 bridgehead atoms. The first-order valence-electron chi connectivity index (χ1n) is 24.2. The van der Waals surface area contributed by atoms with Crippen LogP contribution >= 0.6 is 0 Å². The van der Waals surface area contributed by atoms with Gasteiger partial charge in [-0.1, -0.05) is 61.0 Å². The molecule has 0 radical (unpaired) electrons. The second-order valence-electron chi connectivity index (χ2n) is 18.2. The van der Waals surface area contributed by atoms with Crippen molar-refractivity contribution in [2.75, 3.05) is 49.5 Å². The number of H-pyrrole nitrogens is 1. The number of rotatable bonds is 21. The van der Waals surface area contributed by atoms with Crippen LogP contribution in [0.15, 0.2) is 103 Å². The molecule has 1 aromatic heterocycles. The molecule has 0 spiro atoms. The van der Waals surface area contributed by atoms with E-state index < -0.39 is 47.7 Å². The van der Waals surface area contributed by atoms with Crippen LogP contribution in [0.4, 0.5) is 11.4 Å².